The first-order valence-electron chi connectivity index (χ1n) is 6.71. The summed E-state index contributed by atoms with van der Waals surface area (Å²) in [7, 11) is 0. The van der Waals surface area contributed by atoms with Crippen molar-refractivity contribution < 1.29 is 9.53 Å². The fourth-order valence-corrected chi connectivity index (χ4v) is 2.53. The lowest BCUT2D eigenvalue weighted by atomic mass is 10.1. The first kappa shape index (κ1) is 12.0. The highest BCUT2D eigenvalue weighted by molar-refractivity contribution is 5.83. The van der Waals surface area contributed by atoms with Crippen molar-refractivity contribution in [3.63, 3.8) is 0 Å². The van der Waals surface area contributed by atoms with Crippen molar-refractivity contribution in [2.24, 2.45) is 0 Å². The van der Waals surface area contributed by atoms with E-state index in [0.29, 0.717) is 25.4 Å². The van der Waals surface area contributed by atoms with Crippen LogP contribution in [0.15, 0.2) is 24.3 Å². The third-order valence-corrected chi connectivity index (χ3v) is 3.66. The second kappa shape index (κ2) is 4.93. The number of nitrogens with zero attached hydrogens (tertiary/aromatic N) is 2. The van der Waals surface area contributed by atoms with Crippen molar-refractivity contribution in [1.29, 1.82) is 5.26 Å². The van der Waals surface area contributed by atoms with Gasteiger partial charge >= 0.3 is 0 Å². The third-order valence-electron chi connectivity index (χ3n) is 3.66. The SMILES string of the molecule is N#CCCN(C(=O)C1Cc2ccccc2O1)C1CC1. The highest BCUT2D eigenvalue weighted by Gasteiger charge is 2.38. The molecule has 1 fully saturated rings. The molecular weight excluding hydrogens is 240 g/mol. The molecule has 3 rings (SSSR count). The van der Waals surface area contributed by atoms with Gasteiger partial charge in [0, 0.05) is 19.0 Å². The number of ether oxygens (including phenoxy) is 1. The largest absolute Gasteiger partial charge is 0.480 e. The fraction of sp³-hybridized carbons (Fsp3) is 0.467. The van der Waals surface area contributed by atoms with Crippen LogP contribution in [0.3, 0.4) is 0 Å². The minimum absolute atomic E-state index is 0.0361. The van der Waals surface area contributed by atoms with Gasteiger partial charge in [0.05, 0.1) is 12.5 Å². The average molecular weight is 256 g/mol. The van der Waals surface area contributed by atoms with Crippen LogP contribution in [0.4, 0.5) is 0 Å². The van der Waals surface area contributed by atoms with Gasteiger partial charge in [-0.3, -0.25) is 4.79 Å². The van der Waals surface area contributed by atoms with Gasteiger partial charge in [0.1, 0.15) is 5.75 Å². The molecule has 1 aromatic rings. The summed E-state index contributed by atoms with van der Waals surface area (Å²) in [5.74, 6) is 0.853. The molecule has 4 heteroatoms. The lowest BCUT2D eigenvalue weighted by Crippen LogP contribution is -2.43. The highest BCUT2D eigenvalue weighted by atomic mass is 16.5. The van der Waals surface area contributed by atoms with E-state index in [9.17, 15) is 4.79 Å². The zero-order valence-corrected chi connectivity index (χ0v) is 10.7. The summed E-state index contributed by atoms with van der Waals surface area (Å²) in [4.78, 5) is 14.3. The standard InChI is InChI=1S/C15H16N2O2/c16-8-3-9-17(12-6-7-12)15(18)14-10-11-4-1-2-5-13(11)19-14/h1-2,4-5,12,14H,3,6-7,9-10H2. The normalized spacial score (nSPS) is 20.3. The van der Waals surface area contributed by atoms with Crippen LogP contribution >= 0.6 is 0 Å². The molecule has 98 valence electrons. The van der Waals surface area contributed by atoms with Gasteiger partial charge in [-0.25, -0.2) is 0 Å². The Bertz CT molecular complexity index is 506. The number of rotatable bonds is 4. The maximum atomic E-state index is 12.5. The van der Waals surface area contributed by atoms with E-state index in [1.165, 1.54) is 0 Å². The lowest BCUT2D eigenvalue weighted by Gasteiger charge is -2.24. The van der Waals surface area contributed by atoms with E-state index in [2.05, 4.69) is 6.07 Å². The van der Waals surface area contributed by atoms with Crippen molar-refractivity contribution in [2.75, 3.05) is 6.54 Å². The number of fused-ring (bicyclic) bond motifs is 1. The monoisotopic (exact) mass is 256 g/mol. The predicted molar refractivity (Wildman–Crippen MR) is 69.5 cm³/mol. The Morgan fingerprint density at radius 3 is 2.89 bits per heavy atom. The van der Waals surface area contributed by atoms with Crippen LogP contribution in [-0.4, -0.2) is 29.5 Å². The minimum atomic E-state index is -0.406. The van der Waals surface area contributed by atoms with Crippen LogP contribution in [0.2, 0.25) is 0 Å². The van der Waals surface area contributed by atoms with Crippen LogP contribution in [-0.2, 0) is 11.2 Å². The number of nitriles is 1. The Balaban J connectivity index is 1.69. The molecule has 4 nitrogen and oxygen atoms in total. The third kappa shape index (κ3) is 2.41. The number of hydrogen-bond donors (Lipinski definition) is 0. The van der Waals surface area contributed by atoms with Crippen LogP contribution in [0.25, 0.3) is 0 Å². The summed E-state index contributed by atoms with van der Waals surface area (Å²) in [5.41, 5.74) is 1.09. The van der Waals surface area contributed by atoms with Crippen LogP contribution in [0.5, 0.6) is 5.75 Å². The van der Waals surface area contributed by atoms with E-state index in [1.54, 1.807) is 0 Å². The van der Waals surface area contributed by atoms with Crippen molar-refractivity contribution >= 4 is 5.91 Å². The van der Waals surface area contributed by atoms with Crippen molar-refractivity contribution in [3.8, 4) is 11.8 Å². The lowest BCUT2D eigenvalue weighted by molar-refractivity contribution is -0.138. The van der Waals surface area contributed by atoms with E-state index in [4.69, 9.17) is 10.00 Å². The molecule has 1 atom stereocenters. The van der Waals surface area contributed by atoms with Gasteiger partial charge in [-0.1, -0.05) is 18.2 Å². The molecular formula is C15H16N2O2. The molecule has 2 aliphatic rings. The van der Waals surface area contributed by atoms with Gasteiger partial charge in [-0.15, -0.1) is 0 Å². The molecule has 0 bridgehead atoms. The molecule has 1 unspecified atom stereocenters. The molecule has 1 heterocycles. The summed E-state index contributed by atoms with van der Waals surface area (Å²) in [5, 5.41) is 8.69. The summed E-state index contributed by atoms with van der Waals surface area (Å²) in [6.45, 7) is 0.524. The summed E-state index contributed by atoms with van der Waals surface area (Å²) in [6.07, 6.45) is 2.73. The van der Waals surface area contributed by atoms with E-state index in [0.717, 1.165) is 24.2 Å². The number of amides is 1. The molecule has 0 saturated heterocycles. The van der Waals surface area contributed by atoms with Gasteiger partial charge in [0.25, 0.3) is 5.91 Å². The van der Waals surface area contributed by atoms with Gasteiger partial charge in [-0.2, -0.15) is 5.26 Å². The number of para-hydroxylation sites is 1. The first-order chi connectivity index (χ1) is 9.29. The molecule has 1 amide bonds. The van der Waals surface area contributed by atoms with Gasteiger partial charge in [-0.05, 0) is 24.5 Å². The minimum Gasteiger partial charge on any atom is -0.480 e. The number of carbonyl (C=O) groups excluding carboxylic acids is 1. The quantitative estimate of drug-likeness (QED) is 0.826. The van der Waals surface area contributed by atoms with Crippen LogP contribution in [0.1, 0.15) is 24.8 Å². The Morgan fingerprint density at radius 2 is 2.21 bits per heavy atom. The fourth-order valence-electron chi connectivity index (χ4n) is 2.53. The zero-order chi connectivity index (χ0) is 13.2. The van der Waals surface area contributed by atoms with Gasteiger partial charge in [0.15, 0.2) is 6.10 Å². The molecule has 19 heavy (non-hydrogen) atoms. The smallest absolute Gasteiger partial charge is 0.264 e. The van der Waals surface area contributed by atoms with E-state index in [-0.39, 0.29) is 5.91 Å². The Hall–Kier alpha value is -2.02. The summed E-state index contributed by atoms with van der Waals surface area (Å²) < 4.78 is 5.73. The molecule has 0 aromatic heterocycles. The molecule has 0 N–H and O–H groups in total. The van der Waals surface area contributed by atoms with Crippen LogP contribution < -0.4 is 4.74 Å². The van der Waals surface area contributed by atoms with Crippen molar-refractivity contribution in [1.82, 2.24) is 4.90 Å². The Morgan fingerprint density at radius 1 is 1.42 bits per heavy atom. The van der Waals surface area contributed by atoms with Crippen molar-refractivity contribution in [2.45, 2.75) is 37.8 Å². The molecule has 1 saturated carbocycles. The molecule has 0 spiro atoms. The maximum Gasteiger partial charge on any atom is 0.264 e. The van der Waals surface area contributed by atoms with Crippen molar-refractivity contribution in [3.05, 3.63) is 29.8 Å². The number of hydrogen-bond acceptors (Lipinski definition) is 3. The molecule has 1 aromatic carbocycles. The molecule has 0 radical (unpaired) electrons. The molecule has 1 aliphatic heterocycles. The summed E-state index contributed by atoms with van der Waals surface area (Å²) >= 11 is 0. The predicted octanol–water partition coefficient (Wildman–Crippen LogP) is 1.89. The van der Waals surface area contributed by atoms with E-state index in [1.807, 2.05) is 29.2 Å². The molecule has 1 aliphatic carbocycles. The maximum absolute atomic E-state index is 12.5. The van der Waals surface area contributed by atoms with Gasteiger partial charge < -0.3 is 9.64 Å². The Kier molecular flexibility index (Phi) is 3.12. The number of carbonyl (C=O) groups is 1. The zero-order valence-electron chi connectivity index (χ0n) is 10.7. The Labute approximate surface area is 112 Å². The second-order valence-corrected chi connectivity index (χ2v) is 5.09. The van der Waals surface area contributed by atoms with E-state index < -0.39 is 6.10 Å². The highest BCUT2D eigenvalue weighted by Crippen LogP contribution is 2.32. The summed E-state index contributed by atoms with van der Waals surface area (Å²) in [6, 6.07) is 10.2. The first-order valence-corrected chi connectivity index (χ1v) is 6.71. The number of benzene rings is 1. The topological polar surface area (TPSA) is 53.3 Å². The van der Waals surface area contributed by atoms with Gasteiger partial charge in [0.2, 0.25) is 0 Å². The average Bonchev–Trinajstić information content (AvgIpc) is 3.17. The second-order valence-electron chi connectivity index (χ2n) is 5.09. The van der Waals surface area contributed by atoms with E-state index >= 15 is 0 Å². The van der Waals surface area contributed by atoms with Crippen LogP contribution in [0, 0.1) is 11.3 Å².